The van der Waals surface area contributed by atoms with Crippen molar-refractivity contribution >= 4 is 11.0 Å². The largest absolute Gasteiger partial charge is 2.00 e. The molecule has 6 aromatic carbocycles. The first-order valence-electron chi connectivity index (χ1n) is 24.6. The molecule has 64 heavy (non-hydrogen) atoms. The Morgan fingerprint density at radius 3 is 1.88 bits per heavy atom. The van der Waals surface area contributed by atoms with E-state index in [-0.39, 0.29) is 48.4 Å². The van der Waals surface area contributed by atoms with Crippen molar-refractivity contribution in [1.82, 2.24) is 14.5 Å². The molecule has 2 aromatic heterocycles. The zero-order chi connectivity index (χ0) is 50.2. The average Bonchev–Trinajstić information content (AvgIpc) is 3.66. The van der Waals surface area contributed by atoms with E-state index in [4.69, 9.17) is 22.9 Å². The van der Waals surface area contributed by atoms with Crippen molar-refractivity contribution in [3.05, 3.63) is 174 Å². The van der Waals surface area contributed by atoms with Crippen LogP contribution in [-0.2, 0) is 37.3 Å². The fourth-order valence-electron chi connectivity index (χ4n) is 8.33. The minimum absolute atomic E-state index is 0. The predicted octanol–water partition coefficient (Wildman–Crippen LogP) is 15.8. The van der Waals surface area contributed by atoms with E-state index < -0.39 is 13.7 Å². The first-order chi connectivity index (χ1) is 32.1. The molecule has 0 aliphatic heterocycles. The van der Waals surface area contributed by atoms with Gasteiger partial charge in [0.2, 0.25) is 0 Å². The topological polar surface area (TPSA) is 39.9 Å². The van der Waals surface area contributed by atoms with Crippen LogP contribution in [0, 0.1) is 40.7 Å². The van der Waals surface area contributed by atoms with E-state index in [0.29, 0.717) is 39.6 Å². The molecule has 2 heterocycles. The smallest absolute Gasteiger partial charge is 0.665 e. The van der Waals surface area contributed by atoms with Crippen molar-refractivity contribution < 1.29 is 34.0 Å². The first-order valence-corrected chi connectivity index (χ1v) is 21.6. The molecule has 0 radical (unpaired) electrons. The number of imidazole rings is 1. The Labute approximate surface area is 404 Å². The average molecular weight is 1030 g/mol. The van der Waals surface area contributed by atoms with Crippen molar-refractivity contribution in [3.8, 4) is 67.5 Å². The maximum Gasteiger partial charge on any atom is 2.00 e. The molecule has 8 rings (SSSR count). The molecule has 328 valence electrons. The maximum absolute atomic E-state index is 9.09. The number of benzene rings is 6. The molecule has 0 saturated carbocycles. The van der Waals surface area contributed by atoms with Crippen LogP contribution in [0.1, 0.15) is 109 Å². The number of hydrogen-bond donors (Lipinski definition) is 0. The van der Waals surface area contributed by atoms with Gasteiger partial charge in [0.05, 0.1) is 28.0 Å². The SMILES string of the molecule is [2H]C([2H])([2H])c1ccc(-c2ccnc(-c3[c-]c(-c4cccc5c4nc(-c4cc(C)cc(C)c4O[CH2-])n5-c4ccc(-c5cc(C(C)(C)C)cc(C(C)(C)C)c5)cc4C([2H])([2H])[2H])cc(C(C)(C)C)c3)c2)cc1.[Pt+2]. The standard InChI is InChI=1S/C59H61N3O.Pt/c1-36-18-20-40(21-19-36)42-24-25-60-51(34-42)45-29-44(32-46(33-45)57(5,6)7)49-16-15-17-53-54(49)61-56(50-27-37(2)26-39(4)55(50)63-14)62(53)52-23-22-41(28-38(52)3)43-30-47(58(8,9)10)35-48(31-43)59(11,12)13;/h15-28,30-35H,14H2,1-13H3;/q-2;+2/i1D3,3D3;. The van der Waals surface area contributed by atoms with Crippen LogP contribution < -0.4 is 4.74 Å². The van der Waals surface area contributed by atoms with Crippen LogP contribution in [0.4, 0.5) is 0 Å². The van der Waals surface area contributed by atoms with Crippen LogP contribution in [0.3, 0.4) is 0 Å². The number of hydrogen-bond acceptors (Lipinski definition) is 3. The summed E-state index contributed by atoms with van der Waals surface area (Å²) in [7, 11) is 3.85. The van der Waals surface area contributed by atoms with Gasteiger partial charge in [-0.05, 0) is 124 Å². The van der Waals surface area contributed by atoms with Gasteiger partial charge < -0.3 is 4.74 Å². The van der Waals surface area contributed by atoms with Gasteiger partial charge in [-0.25, -0.2) is 4.98 Å². The van der Waals surface area contributed by atoms with Gasteiger partial charge in [0.1, 0.15) is 5.82 Å². The van der Waals surface area contributed by atoms with Crippen LogP contribution in [0.5, 0.6) is 5.75 Å². The third-order valence-corrected chi connectivity index (χ3v) is 12.0. The van der Waals surface area contributed by atoms with E-state index in [2.05, 4.69) is 106 Å². The Hall–Kier alpha value is -5.57. The summed E-state index contributed by atoms with van der Waals surface area (Å²) in [6, 6.07) is 41.3. The molecule has 0 N–H and O–H groups in total. The summed E-state index contributed by atoms with van der Waals surface area (Å²) in [5.41, 5.74) is 14.3. The third kappa shape index (κ3) is 9.18. The quantitative estimate of drug-likeness (QED) is 0.149. The number of aromatic nitrogens is 3. The summed E-state index contributed by atoms with van der Waals surface area (Å²) in [4.78, 5) is 10.3. The van der Waals surface area contributed by atoms with Crippen molar-refractivity contribution in [1.29, 1.82) is 0 Å². The van der Waals surface area contributed by atoms with Gasteiger partial charge >= 0.3 is 21.1 Å². The summed E-state index contributed by atoms with van der Waals surface area (Å²) in [6.07, 6.45) is 1.76. The summed E-state index contributed by atoms with van der Waals surface area (Å²) in [5.74, 6) is 1.05. The zero-order valence-corrected chi connectivity index (χ0v) is 41.1. The van der Waals surface area contributed by atoms with Crippen molar-refractivity contribution in [2.75, 3.05) is 0 Å². The molecule has 0 amide bonds. The molecule has 0 atom stereocenters. The Balaban J connectivity index is 0.00000722. The van der Waals surface area contributed by atoms with Gasteiger partial charge in [-0.1, -0.05) is 152 Å². The van der Waals surface area contributed by atoms with Crippen LogP contribution in [0.15, 0.2) is 121 Å². The van der Waals surface area contributed by atoms with E-state index in [0.717, 1.165) is 55.6 Å². The van der Waals surface area contributed by atoms with E-state index in [1.807, 2.05) is 91.2 Å². The van der Waals surface area contributed by atoms with E-state index in [1.165, 1.54) is 11.1 Å². The van der Waals surface area contributed by atoms with Crippen molar-refractivity contribution in [2.45, 2.75) is 106 Å². The summed E-state index contributed by atoms with van der Waals surface area (Å²) >= 11 is 0. The second-order valence-corrected chi connectivity index (χ2v) is 20.0. The Morgan fingerprint density at radius 2 is 1.23 bits per heavy atom. The van der Waals surface area contributed by atoms with E-state index in [9.17, 15) is 0 Å². The first kappa shape index (κ1) is 38.8. The minimum Gasteiger partial charge on any atom is -0.665 e. The van der Waals surface area contributed by atoms with Crippen LogP contribution in [0.2, 0.25) is 0 Å². The van der Waals surface area contributed by atoms with E-state index in [1.54, 1.807) is 18.3 Å². The van der Waals surface area contributed by atoms with Gasteiger partial charge in [0.25, 0.3) is 0 Å². The number of ether oxygens (including phenoxy) is 1. The number of pyridine rings is 1. The van der Waals surface area contributed by atoms with Gasteiger partial charge in [0.15, 0.2) is 0 Å². The molecule has 0 bridgehead atoms. The normalized spacial score (nSPS) is 13.9. The molecular weight excluding hydrogens is 962 g/mol. The molecule has 0 saturated heterocycles. The van der Waals surface area contributed by atoms with Crippen LogP contribution in [-0.4, -0.2) is 14.5 Å². The number of nitrogens with zero attached hydrogens (tertiary/aromatic N) is 3. The maximum atomic E-state index is 9.09. The molecular formula is C59H61N3OPt. The predicted molar refractivity (Wildman–Crippen MR) is 266 cm³/mol. The molecule has 0 aliphatic carbocycles. The summed E-state index contributed by atoms with van der Waals surface area (Å²) in [6.45, 7) is 19.0. The second-order valence-electron chi connectivity index (χ2n) is 20.0. The monoisotopic (exact) mass is 1030 g/mol. The summed E-state index contributed by atoms with van der Waals surface area (Å²) in [5, 5.41) is 0. The third-order valence-electron chi connectivity index (χ3n) is 12.0. The molecule has 4 nitrogen and oxygen atoms in total. The fourth-order valence-corrected chi connectivity index (χ4v) is 8.33. The number of fused-ring (bicyclic) bond motifs is 1. The molecule has 0 fully saturated rings. The van der Waals surface area contributed by atoms with Gasteiger partial charge in [-0.2, -0.15) is 7.11 Å². The van der Waals surface area contributed by atoms with Gasteiger partial charge in [-0.15, -0.1) is 29.3 Å². The summed E-state index contributed by atoms with van der Waals surface area (Å²) < 4.78 is 58.6. The number of rotatable bonds is 7. The number of aryl methyl sites for hydroxylation is 4. The molecule has 8 aromatic rings. The van der Waals surface area contributed by atoms with E-state index >= 15 is 0 Å². The second kappa shape index (κ2) is 17.4. The minimum atomic E-state index is -2.51. The Bertz CT molecular complexity index is 3220. The molecule has 0 unspecified atom stereocenters. The Morgan fingerprint density at radius 1 is 0.594 bits per heavy atom. The zero-order valence-electron chi connectivity index (χ0n) is 44.8. The molecule has 5 heteroatoms. The number of para-hydroxylation sites is 1. The van der Waals surface area contributed by atoms with Crippen LogP contribution >= 0.6 is 0 Å². The van der Waals surface area contributed by atoms with Crippen molar-refractivity contribution in [2.24, 2.45) is 0 Å². The van der Waals surface area contributed by atoms with Gasteiger partial charge in [-0.3, -0.25) is 9.55 Å². The van der Waals surface area contributed by atoms with Crippen LogP contribution in [0.25, 0.3) is 72.7 Å². The molecule has 0 spiro atoms. The van der Waals surface area contributed by atoms with Crippen molar-refractivity contribution in [3.63, 3.8) is 0 Å². The molecule has 0 aliphatic rings. The van der Waals surface area contributed by atoms with Gasteiger partial charge in [0, 0.05) is 20.1 Å². The Kier molecular flexibility index (Phi) is 10.6. The fraction of sp³-hybridized carbons (Fsp3) is 0.271.